The van der Waals surface area contributed by atoms with Crippen molar-refractivity contribution in [2.24, 2.45) is 0 Å². The maximum Gasteiger partial charge on any atom is 0.0664 e. The predicted molar refractivity (Wildman–Crippen MR) is 58.6 cm³/mol. The molecule has 1 unspecified atom stereocenters. The lowest BCUT2D eigenvalue weighted by atomic mass is 9.93. The lowest BCUT2D eigenvalue weighted by Gasteiger charge is -2.25. The van der Waals surface area contributed by atoms with Gasteiger partial charge in [-0.2, -0.15) is 0 Å². The summed E-state index contributed by atoms with van der Waals surface area (Å²) in [6, 6.07) is 6.44. The van der Waals surface area contributed by atoms with E-state index < -0.39 is 0 Å². The summed E-state index contributed by atoms with van der Waals surface area (Å²) in [6.07, 6.45) is 1.90. The van der Waals surface area contributed by atoms with Gasteiger partial charge in [0.05, 0.1) is 12.1 Å². The van der Waals surface area contributed by atoms with Crippen molar-refractivity contribution in [2.75, 3.05) is 11.9 Å². The first-order valence-corrected chi connectivity index (χ1v) is 5.18. The van der Waals surface area contributed by atoms with Crippen LogP contribution in [-0.4, -0.2) is 17.3 Å². The molecule has 0 bridgehead atoms. The highest BCUT2D eigenvalue weighted by atomic mass is 16.3. The SMILES string of the molecule is CCC1(CO)Cc2ccc(C)cc2N1. The summed E-state index contributed by atoms with van der Waals surface area (Å²) in [5.74, 6) is 0. The number of nitrogens with one attached hydrogen (secondary N) is 1. The van der Waals surface area contributed by atoms with E-state index in [1.807, 2.05) is 0 Å². The molecule has 1 aromatic rings. The van der Waals surface area contributed by atoms with Gasteiger partial charge in [-0.15, -0.1) is 0 Å². The van der Waals surface area contributed by atoms with Gasteiger partial charge in [0.15, 0.2) is 0 Å². The molecule has 76 valence electrons. The number of fused-ring (bicyclic) bond motifs is 1. The molecular weight excluding hydrogens is 174 g/mol. The highest BCUT2D eigenvalue weighted by Gasteiger charge is 2.34. The van der Waals surface area contributed by atoms with Crippen LogP contribution in [-0.2, 0) is 6.42 Å². The van der Waals surface area contributed by atoms with E-state index in [1.165, 1.54) is 16.8 Å². The molecule has 1 heterocycles. The number of aryl methyl sites for hydroxylation is 1. The molecule has 0 aliphatic carbocycles. The Morgan fingerprint density at radius 1 is 1.50 bits per heavy atom. The van der Waals surface area contributed by atoms with E-state index in [0.717, 1.165) is 12.8 Å². The van der Waals surface area contributed by atoms with Gasteiger partial charge in [0.1, 0.15) is 0 Å². The zero-order valence-electron chi connectivity index (χ0n) is 8.80. The summed E-state index contributed by atoms with van der Waals surface area (Å²) >= 11 is 0. The zero-order chi connectivity index (χ0) is 10.2. The molecule has 2 rings (SSSR count). The Morgan fingerprint density at radius 2 is 2.29 bits per heavy atom. The second kappa shape index (κ2) is 3.28. The monoisotopic (exact) mass is 191 g/mol. The Balaban J connectivity index is 2.33. The number of hydrogen-bond acceptors (Lipinski definition) is 2. The second-order valence-electron chi connectivity index (χ2n) is 4.25. The molecule has 1 atom stereocenters. The minimum Gasteiger partial charge on any atom is -0.394 e. The minimum atomic E-state index is -0.115. The Labute approximate surface area is 85.0 Å². The van der Waals surface area contributed by atoms with Gasteiger partial charge in [0.2, 0.25) is 0 Å². The number of aliphatic hydroxyl groups is 1. The van der Waals surface area contributed by atoms with Crippen molar-refractivity contribution >= 4 is 5.69 Å². The van der Waals surface area contributed by atoms with Gasteiger partial charge < -0.3 is 10.4 Å². The lowest BCUT2D eigenvalue weighted by molar-refractivity contribution is 0.211. The maximum absolute atomic E-state index is 9.40. The number of aliphatic hydroxyl groups excluding tert-OH is 1. The fraction of sp³-hybridized carbons (Fsp3) is 0.500. The third kappa shape index (κ3) is 1.40. The van der Waals surface area contributed by atoms with Crippen molar-refractivity contribution in [3.8, 4) is 0 Å². The predicted octanol–water partition coefficient (Wildman–Crippen LogP) is 2.10. The molecular formula is C12H17NO. The Kier molecular flexibility index (Phi) is 2.23. The van der Waals surface area contributed by atoms with E-state index in [-0.39, 0.29) is 12.1 Å². The van der Waals surface area contributed by atoms with Crippen molar-refractivity contribution < 1.29 is 5.11 Å². The first-order valence-electron chi connectivity index (χ1n) is 5.18. The van der Waals surface area contributed by atoms with Crippen LogP contribution < -0.4 is 5.32 Å². The number of anilines is 1. The van der Waals surface area contributed by atoms with Gasteiger partial charge in [0, 0.05) is 5.69 Å². The third-order valence-corrected chi connectivity index (χ3v) is 3.17. The van der Waals surface area contributed by atoms with Crippen LogP contribution >= 0.6 is 0 Å². The first kappa shape index (κ1) is 9.53. The minimum absolute atomic E-state index is 0.115. The van der Waals surface area contributed by atoms with Crippen LogP contribution in [0.25, 0.3) is 0 Å². The molecule has 0 radical (unpaired) electrons. The van der Waals surface area contributed by atoms with Crippen molar-refractivity contribution in [2.45, 2.75) is 32.2 Å². The highest BCUT2D eigenvalue weighted by Crippen LogP contribution is 2.34. The summed E-state index contributed by atoms with van der Waals surface area (Å²) in [6.45, 7) is 4.41. The van der Waals surface area contributed by atoms with E-state index >= 15 is 0 Å². The third-order valence-electron chi connectivity index (χ3n) is 3.17. The van der Waals surface area contributed by atoms with E-state index in [2.05, 4.69) is 37.4 Å². The van der Waals surface area contributed by atoms with Crippen LogP contribution in [0.3, 0.4) is 0 Å². The summed E-state index contributed by atoms with van der Waals surface area (Å²) in [4.78, 5) is 0. The number of hydrogen-bond donors (Lipinski definition) is 2. The van der Waals surface area contributed by atoms with Gasteiger partial charge in [0.25, 0.3) is 0 Å². The molecule has 0 amide bonds. The molecule has 0 fully saturated rings. The summed E-state index contributed by atoms with van der Waals surface area (Å²) in [5, 5.41) is 12.8. The van der Waals surface area contributed by atoms with E-state index in [1.54, 1.807) is 0 Å². The second-order valence-corrected chi connectivity index (χ2v) is 4.25. The van der Waals surface area contributed by atoms with Gasteiger partial charge in [-0.3, -0.25) is 0 Å². The largest absolute Gasteiger partial charge is 0.394 e. The quantitative estimate of drug-likeness (QED) is 0.750. The van der Waals surface area contributed by atoms with Crippen LogP contribution in [0.2, 0.25) is 0 Å². The molecule has 0 spiro atoms. The van der Waals surface area contributed by atoms with Crippen molar-refractivity contribution in [3.63, 3.8) is 0 Å². The van der Waals surface area contributed by atoms with Gasteiger partial charge in [-0.1, -0.05) is 19.1 Å². The van der Waals surface area contributed by atoms with Crippen LogP contribution in [0, 0.1) is 6.92 Å². The molecule has 2 N–H and O–H groups in total. The van der Waals surface area contributed by atoms with Crippen LogP contribution in [0.1, 0.15) is 24.5 Å². The fourth-order valence-corrected chi connectivity index (χ4v) is 2.08. The van der Waals surface area contributed by atoms with E-state index in [4.69, 9.17) is 0 Å². The molecule has 14 heavy (non-hydrogen) atoms. The lowest BCUT2D eigenvalue weighted by Crippen LogP contribution is -2.39. The Hall–Kier alpha value is -1.02. The van der Waals surface area contributed by atoms with E-state index in [9.17, 15) is 5.11 Å². The topological polar surface area (TPSA) is 32.3 Å². The average molecular weight is 191 g/mol. The van der Waals surface area contributed by atoms with Crippen LogP contribution in [0.15, 0.2) is 18.2 Å². The summed E-state index contributed by atoms with van der Waals surface area (Å²) in [5.41, 5.74) is 3.67. The molecule has 0 saturated carbocycles. The Morgan fingerprint density at radius 3 is 2.93 bits per heavy atom. The van der Waals surface area contributed by atoms with E-state index in [0.29, 0.717) is 0 Å². The highest BCUT2D eigenvalue weighted by molar-refractivity contribution is 5.60. The van der Waals surface area contributed by atoms with Crippen molar-refractivity contribution in [1.82, 2.24) is 0 Å². The number of rotatable bonds is 2. The smallest absolute Gasteiger partial charge is 0.0664 e. The molecule has 0 saturated heterocycles. The van der Waals surface area contributed by atoms with Crippen LogP contribution in [0.4, 0.5) is 5.69 Å². The zero-order valence-corrected chi connectivity index (χ0v) is 8.80. The average Bonchev–Trinajstić information content (AvgIpc) is 2.56. The molecule has 0 aromatic heterocycles. The standard InChI is InChI=1S/C12H17NO/c1-3-12(8-14)7-10-5-4-9(2)6-11(10)13-12/h4-6,13-14H,3,7-8H2,1-2H3. The molecule has 1 aliphatic heterocycles. The Bertz CT molecular complexity index is 342. The molecule has 2 heteroatoms. The summed E-state index contributed by atoms with van der Waals surface area (Å²) < 4.78 is 0. The van der Waals surface area contributed by atoms with Crippen molar-refractivity contribution in [3.05, 3.63) is 29.3 Å². The fourth-order valence-electron chi connectivity index (χ4n) is 2.08. The van der Waals surface area contributed by atoms with Crippen LogP contribution in [0.5, 0.6) is 0 Å². The molecule has 2 nitrogen and oxygen atoms in total. The molecule has 1 aliphatic rings. The summed E-state index contributed by atoms with van der Waals surface area (Å²) in [7, 11) is 0. The first-order chi connectivity index (χ1) is 6.69. The van der Waals surface area contributed by atoms with Gasteiger partial charge in [-0.05, 0) is 37.0 Å². The number of benzene rings is 1. The van der Waals surface area contributed by atoms with Gasteiger partial charge >= 0.3 is 0 Å². The maximum atomic E-state index is 9.40. The molecule has 1 aromatic carbocycles. The normalized spacial score (nSPS) is 24.5. The van der Waals surface area contributed by atoms with Gasteiger partial charge in [-0.25, -0.2) is 0 Å². The van der Waals surface area contributed by atoms with Crippen molar-refractivity contribution in [1.29, 1.82) is 0 Å².